The summed E-state index contributed by atoms with van der Waals surface area (Å²) in [7, 11) is 0. The summed E-state index contributed by atoms with van der Waals surface area (Å²) in [4.78, 5) is 36.9. The van der Waals surface area contributed by atoms with Crippen LogP contribution < -0.4 is 21.4 Å². The molecule has 0 spiro atoms. The van der Waals surface area contributed by atoms with Gasteiger partial charge < -0.3 is 28.8 Å². The Labute approximate surface area is 450 Å². The van der Waals surface area contributed by atoms with Crippen molar-refractivity contribution in [2.75, 3.05) is 0 Å². The van der Waals surface area contributed by atoms with Gasteiger partial charge in [-0.05, 0) is 219 Å². The third-order valence-corrected chi connectivity index (χ3v) is 16.3. The van der Waals surface area contributed by atoms with Gasteiger partial charge in [-0.25, -0.2) is 20.0 Å². The van der Waals surface area contributed by atoms with Crippen LogP contribution in [0.25, 0.3) is 24.3 Å². The Morgan fingerprint density at radius 1 is 0.338 bits per heavy atom. The highest BCUT2D eigenvalue weighted by Crippen LogP contribution is 2.39. The molecule has 0 fully saturated rings. The summed E-state index contributed by atoms with van der Waals surface area (Å²) in [5.41, 5.74) is 25.5. The molecule has 6 aromatic rings. The van der Waals surface area contributed by atoms with Crippen molar-refractivity contribution in [2.24, 2.45) is 20.0 Å². The van der Waals surface area contributed by atoms with Crippen LogP contribution in [-0.2, 0) is 25.7 Å². The number of allylic oxidation sites excluding steroid dienone is 8. The first kappa shape index (κ1) is 51.4. The number of aliphatic imine (C=N–C) groups is 4. The lowest BCUT2D eigenvalue weighted by molar-refractivity contribution is 0.504. The third-order valence-electron chi connectivity index (χ3n) is 16.3. The van der Waals surface area contributed by atoms with Crippen molar-refractivity contribution in [1.82, 2.24) is 19.9 Å². The maximum atomic E-state index is 6.76. The van der Waals surface area contributed by atoms with Crippen molar-refractivity contribution < 1.29 is 8.83 Å². The number of hydrogen-bond donors (Lipinski definition) is 4. The number of fused-ring (bicyclic) bond motifs is 16. The molecular formula is C67H74N8O2. The molecule has 394 valence electrons. The number of furan rings is 2. The summed E-state index contributed by atoms with van der Waals surface area (Å²) in [5, 5.41) is 7.99. The molecule has 6 aromatic heterocycles. The number of hydrogen-bond acceptors (Lipinski definition) is 6. The molecule has 0 saturated carbocycles. The standard InChI is InChI=1S/C67H74N8O2/c1-13-21-41-29-57-61-25-24-60(76-61)56-28-40(16-4)48(68-56)32-52-44(17-5)36(9)64(72-52)65-37(10)45(18-6)53(73-65)34-50-42(22-14-2)30-58(70-50)62-26-27-63(77-62)59-31-43(23-15-3)51(71-59)35-55-47(20-8)39(12)67(75-55)66-38(11)46(19-7)54(74-66)33-49(41)69-57/h24-35,68-71H,13-23H2,1-12H3. The minimum Gasteiger partial charge on any atom is -0.453 e. The number of rotatable bonds is 11. The number of aryl methyl sites for hydroxylation is 4. The molecule has 4 N–H and O–H groups in total. The zero-order valence-electron chi connectivity index (χ0n) is 47.3. The minimum absolute atomic E-state index is 0.787. The summed E-state index contributed by atoms with van der Waals surface area (Å²) >= 11 is 0. The van der Waals surface area contributed by atoms with Gasteiger partial charge in [0.2, 0.25) is 0 Å². The summed E-state index contributed by atoms with van der Waals surface area (Å²) in [6, 6.07) is 17.3. The Morgan fingerprint density at radius 2 is 0.584 bits per heavy atom. The maximum Gasteiger partial charge on any atom is 0.151 e. The molecule has 5 aliphatic heterocycles. The van der Waals surface area contributed by atoms with Crippen LogP contribution in [0.15, 0.2) is 145 Å². The second-order valence-corrected chi connectivity index (χ2v) is 21.2. The summed E-state index contributed by atoms with van der Waals surface area (Å²) in [5.74, 6) is 0. The zero-order valence-corrected chi connectivity index (χ0v) is 47.3. The van der Waals surface area contributed by atoms with E-state index in [1.807, 2.05) is 0 Å². The largest absolute Gasteiger partial charge is 0.453 e. The number of aromatic nitrogens is 4. The van der Waals surface area contributed by atoms with E-state index in [-0.39, 0.29) is 0 Å². The van der Waals surface area contributed by atoms with Gasteiger partial charge >= 0.3 is 0 Å². The minimum atomic E-state index is 0.787. The van der Waals surface area contributed by atoms with Gasteiger partial charge in [-0.2, -0.15) is 0 Å². The van der Waals surface area contributed by atoms with Crippen LogP contribution in [0.3, 0.4) is 0 Å². The number of aromatic amines is 4. The van der Waals surface area contributed by atoms with Crippen LogP contribution in [0.4, 0.5) is 0 Å². The van der Waals surface area contributed by atoms with E-state index in [1.165, 1.54) is 66.8 Å². The van der Waals surface area contributed by atoms with E-state index >= 15 is 0 Å². The topological polar surface area (TPSA) is 139 Å². The molecular weight excluding hydrogens is 949 g/mol. The average Bonchev–Trinajstić information content (AvgIpc) is 4.34. The highest BCUT2D eigenvalue weighted by molar-refractivity contribution is 6.26. The van der Waals surface area contributed by atoms with Crippen LogP contribution in [0.2, 0.25) is 0 Å². The highest BCUT2D eigenvalue weighted by Gasteiger charge is 2.29. The predicted molar refractivity (Wildman–Crippen MR) is 315 cm³/mol. The molecule has 5 aliphatic rings. The molecule has 11 rings (SSSR count). The normalized spacial score (nSPS) is 16.5. The summed E-state index contributed by atoms with van der Waals surface area (Å²) in [6.45, 7) is 26.6. The predicted octanol–water partition coefficient (Wildman–Crippen LogP) is 12.7. The summed E-state index contributed by atoms with van der Waals surface area (Å²) in [6.07, 6.45) is 19.1. The van der Waals surface area contributed by atoms with Crippen molar-refractivity contribution in [2.45, 2.75) is 154 Å². The zero-order chi connectivity index (χ0) is 53.8. The van der Waals surface area contributed by atoms with E-state index in [0.717, 1.165) is 181 Å². The van der Waals surface area contributed by atoms with E-state index in [9.17, 15) is 0 Å². The Morgan fingerprint density at radius 3 is 0.818 bits per heavy atom. The molecule has 0 aromatic carbocycles. The van der Waals surface area contributed by atoms with Crippen molar-refractivity contribution in [1.29, 1.82) is 0 Å². The van der Waals surface area contributed by atoms with E-state index in [4.69, 9.17) is 28.8 Å². The van der Waals surface area contributed by atoms with Crippen LogP contribution in [0.5, 0.6) is 0 Å². The Kier molecular flexibility index (Phi) is 14.0. The quantitative estimate of drug-likeness (QED) is 0.103. The van der Waals surface area contributed by atoms with Crippen molar-refractivity contribution in [3.05, 3.63) is 203 Å². The van der Waals surface area contributed by atoms with E-state index < -0.39 is 0 Å². The van der Waals surface area contributed by atoms with Crippen LogP contribution in [0, 0.1) is 43.1 Å². The lowest BCUT2D eigenvalue weighted by Gasteiger charge is -2.04. The summed E-state index contributed by atoms with van der Waals surface area (Å²) < 4.78 is 13.5. The number of H-pyrrole nitrogens is 4. The fourth-order valence-electron chi connectivity index (χ4n) is 12.2. The van der Waals surface area contributed by atoms with Gasteiger partial charge in [-0.1, -0.05) is 74.7 Å². The fourth-order valence-corrected chi connectivity index (χ4v) is 12.2. The van der Waals surface area contributed by atoms with Gasteiger partial charge in [0.1, 0.15) is 0 Å². The second kappa shape index (κ2) is 21.0. The molecule has 0 aliphatic carbocycles. The molecule has 77 heavy (non-hydrogen) atoms. The average molecular weight is 1020 g/mol. The van der Waals surface area contributed by atoms with Gasteiger partial charge in [0.05, 0.1) is 67.0 Å². The Bertz CT molecular complexity index is 4490. The van der Waals surface area contributed by atoms with E-state index in [0.29, 0.717) is 0 Å². The molecule has 0 radical (unpaired) electrons. The first-order valence-corrected chi connectivity index (χ1v) is 28.5. The van der Waals surface area contributed by atoms with Gasteiger partial charge in [-0.15, -0.1) is 0 Å². The Hall–Kier alpha value is -7.72. The monoisotopic (exact) mass is 1020 g/mol. The Balaban J connectivity index is 1.19. The van der Waals surface area contributed by atoms with Crippen molar-refractivity contribution in [3.63, 3.8) is 0 Å². The lowest BCUT2D eigenvalue weighted by Crippen LogP contribution is -2.12. The second-order valence-electron chi connectivity index (χ2n) is 21.2. The molecule has 0 atom stereocenters. The molecule has 0 unspecified atom stereocenters. The van der Waals surface area contributed by atoms with Gasteiger partial charge in [0, 0.05) is 21.4 Å². The lowest BCUT2D eigenvalue weighted by atomic mass is 9.99. The fraction of sp³-hybridized carbons (Fsp3) is 0.343. The molecule has 10 nitrogen and oxygen atoms in total. The molecule has 0 saturated heterocycles. The molecule has 10 heteroatoms. The number of nitrogens with one attached hydrogen (secondary N) is 4. The first-order chi connectivity index (χ1) is 37.4. The van der Waals surface area contributed by atoms with Crippen LogP contribution in [-0.4, -0.2) is 42.8 Å². The van der Waals surface area contributed by atoms with Crippen molar-refractivity contribution in [3.8, 4) is 0 Å². The van der Waals surface area contributed by atoms with Gasteiger partial charge in [0.25, 0.3) is 0 Å². The maximum absolute atomic E-state index is 6.76. The smallest absolute Gasteiger partial charge is 0.151 e. The SMILES string of the molecule is CCCc1cc2[nH]c1=CC1=NC(=C3N=C(C=c4[nH]c(cc4CCC)=c4ccc(o4)=c4cc(CCC)c([nH]4)=CC4=NC(=C5N=C(C=c6[nH]c(cc6CC)=c6ccc=2o6)C(CC)=C5C)C(C)=C4CC)C(CC)=C3C)C(C)=C1CC. The first-order valence-electron chi connectivity index (χ1n) is 28.5. The number of nitrogens with zero attached hydrogens (tertiary/aromatic N) is 4. The highest BCUT2D eigenvalue weighted by atomic mass is 16.3. The molecule has 11 heterocycles. The van der Waals surface area contributed by atoms with Crippen molar-refractivity contribution >= 4 is 47.2 Å². The van der Waals surface area contributed by atoms with Gasteiger partial charge in [-0.3, -0.25) is 0 Å². The van der Waals surface area contributed by atoms with E-state index in [2.05, 4.69) is 176 Å². The van der Waals surface area contributed by atoms with Crippen LogP contribution in [0.1, 0.15) is 150 Å². The van der Waals surface area contributed by atoms with Gasteiger partial charge in [0.15, 0.2) is 21.7 Å². The molecule has 20 bridgehead atoms. The third kappa shape index (κ3) is 9.13. The van der Waals surface area contributed by atoms with E-state index in [1.54, 1.807) is 0 Å². The molecule has 0 amide bonds. The van der Waals surface area contributed by atoms with Crippen LogP contribution >= 0.6 is 0 Å².